The first kappa shape index (κ1) is 12.5. The van der Waals surface area contributed by atoms with Crippen LogP contribution in [0.4, 0.5) is 10.5 Å². The molecule has 0 atom stereocenters. The molecule has 1 aromatic carbocycles. The van der Waals surface area contributed by atoms with Gasteiger partial charge in [-0.2, -0.15) is 0 Å². The van der Waals surface area contributed by atoms with Crippen molar-refractivity contribution >= 4 is 11.7 Å². The lowest BCUT2D eigenvalue weighted by Crippen LogP contribution is -2.23. The highest BCUT2D eigenvalue weighted by Gasteiger charge is 2.11. The van der Waals surface area contributed by atoms with E-state index in [2.05, 4.69) is 16.7 Å². The summed E-state index contributed by atoms with van der Waals surface area (Å²) in [7, 11) is 0. The molecule has 0 saturated heterocycles. The van der Waals surface area contributed by atoms with Gasteiger partial charge in [0.2, 0.25) is 0 Å². The number of nitrogens with one attached hydrogen (secondary N) is 2. The quantitative estimate of drug-likeness (QED) is 0.766. The van der Waals surface area contributed by atoms with Crippen LogP contribution in [-0.2, 0) is 0 Å². The number of phenols is 1. The summed E-state index contributed by atoms with van der Waals surface area (Å²) >= 11 is 0. The van der Waals surface area contributed by atoms with Crippen molar-refractivity contribution < 1.29 is 9.90 Å². The fourth-order valence-electron chi connectivity index (χ4n) is 2.16. The molecular weight excluding hydrogens is 228 g/mol. The zero-order valence-electron chi connectivity index (χ0n) is 10.2. The van der Waals surface area contributed by atoms with Crippen LogP contribution in [0.15, 0.2) is 36.5 Å². The molecule has 0 heterocycles. The van der Waals surface area contributed by atoms with Crippen LogP contribution in [0.3, 0.4) is 0 Å². The van der Waals surface area contributed by atoms with Crippen LogP contribution in [0, 0.1) is 5.92 Å². The number of hydrogen-bond acceptors (Lipinski definition) is 2. The summed E-state index contributed by atoms with van der Waals surface area (Å²) in [4.78, 5) is 11.5. The van der Waals surface area contributed by atoms with Gasteiger partial charge in [-0.1, -0.05) is 25.0 Å². The summed E-state index contributed by atoms with van der Waals surface area (Å²) in [5, 5.41) is 14.6. The van der Waals surface area contributed by atoms with Gasteiger partial charge in [-0.25, -0.2) is 4.79 Å². The summed E-state index contributed by atoms with van der Waals surface area (Å²) in [5.41, 5.74) is 0.571. The van der Waals surface area contributed by atoms with Crippen molar-refractivity contribution in [3.05, 3.63) is 36.5 Å². The Morgan fingerprint density at radius 3 is 2.83 bits per heavy atom. The molecule has 2 amide bonds. The SMILES string of the molecule is O=C(N/C=C/C1CCCC1)Nc1cccc(O)c1. The standard InChI is InChI=1S/C14H18N2O2/c17-13-7-3-6-12(10-13)16-14(18)15-9-8-11-4-1-2-5-11/h3,6-11,17H,1-2,4-5H2,(H2,15,16,18)/b9-8+. The number of aromatic hydroxyl groups is 1. The fraction of sp³-hybridized carbons (Fsp3) is 0.357. The lowest BCUT2D eigenvalue weighted by atomic mass is 10.1. The molecule has 1 saturated carbocycles. The Hall–Kier alpha value is -1.97. The second-order valence-electron chi connectivity index (χ2n) is 4.55. The number of carbonyl (C=O) groups excluding carboxylic acids is 1. The Kier molecular flexibility index (Phi) is 4.23. The van der Waals surface area contributed by atoms with Crippen molar-refractivity contribution in [3.8, 4) is 5.75 Å². The van der Waals surface area contributed by atoms with Gasteiger partial charge in [0.15, 0.2) is 0 Å². The average Bonchev–Trinajstić information content (AvgIpc) is 2.82. The number of phenolic OH excluding ortho intramolecular Hbond substituents is 1. The Morgan fingerprint density at radius 2 is 2.11 bits per heavy atom. The monoisotopic (exact) mass is 246 g/mol. The molecule has 2 rings (SSSR count). The molecule has 0 aromatic heterocycles. The normalized spacial score (nSPS) is 16.0. The van der Waals surface area contributed by atoms with Gasteiger partial charge in [-0.15, -0.1) is 0 Å². The van der Waals surface area contributed by atoms with Crippen LogP contribution in [0.2, 0.25) is 0 Å². The summed E-state index contributed by atoms with van der Waals surface area (Å²) in [6.45, 7) is 0. The molecule has 0 bridgehead atoms. The van der Waals surface area contributed by atoms with Crippen molar-refractivity contribution in [2.24, 2.45) is 5.92 Å². The highest BCUT2D eigenvalue weighted by molar-refractivity contribution is 5.90. The smallest absolute Gasteiger partial charge is 0.323 e. The van der Waals surface area contributed by atoms with Gasteiger partial charge in [0.1, 0.15) is 5.75 Å². The number of anilines is 1. The third-order valence-corrected chi connectivity index (χ3v) is 3.09. The maximum atomic E-state index is 11.5. The maximum Gasteiger partial charge on any atom is 0.323 e. The first-order valence-electron chi connectivity index (χ1n) is 6.27. The van der Waals surface area contributed by atoms with E-state index in [1.54, 1.807) is 24.4 Å². The summed E-state index contributed by atoms with van der Waals surface area (Å²) in [5.74, 6) is 0.736. The number of rotatable bonds is 3. The van der Waals surface area contributed by atoms with Crippen LogP contribution < -0.4 is 10.6 Å². The van der Waals surface area contributed by atoms with Crippen LogP contribution in [-0.4, -0.2) is 11.1 Å². The van der Waals surface area contributed by atoms with Gasteiger partial charge in [0, 0.05) is 18.0 Å². The lowest BCUT2D eigenvalue weighted by Gasteiger charge is -2.05. The topological polar surface area (TPSA) is 61.4 Å². The average molecular weight is 246 g/mol. The lowest BCUT2D eigenvalue weighted by molar-refractivity contribution is 0.255. The highest BCUT2D eigenvalue weighted by Crippen LogP contribution is 2.25. The zero-order valence-corrected chi connectivity index (χ0v) is 10.2. The summed E-state index contributed by atoms with van der Waals surface area (Å²) in [6, 6.07) is 6.16. The molecule has 18 heavy (non-hydrogen) atoms. The van der Waals surface area contributed by atoms with Crippen molar-refractivity contribution in [2.45, 2.75) is 25.7 Å². The summed E-state index contributed by atoms with van der Waals surface area (Å²) < 4.78 is 0. The van der Waals surface area contributed by atoms with Gasteiger partial charge < -0.3 is 15.7 Å². The molecule has 1 fully saturated rings. The first-order valence-corrected chi connectivity index (χ1v) is 6.27. The molecule has 4 nitrogen and oxygen atoms in total. The predicted octanol–water partition coefficient (Wildman–Crippen LogP) is 3.22. The van der Waals surface area contributed by atoms with Crippen molar-refractivity contribution in [3.63, 3.8) is 0 Å². The van der Waals surface area contributed by atoms with Gasteiger partial charge in [0.05, 0.1) is 0 Å². The van der Waals surface area contributed by atoms with Crippen LogP contribution in [0.5, 0.6) is 5.75 Å². The number of amides is 2. The van der Waals surface area contributed by atoms with E-state index in [1.165, 1.54) is 31.7 Å². The molecule has 96 valence electrons. The molecule has 1 aromatic rings. The Balaban J connectivity index is 1.78. The predicted molar refractivity (Wildman–Crippen MR) is 71.4 cm³/mol. The second kappa shape index (κ2) is 6.10. The van der Waals surface area contributed by atoms with Crippen molar-refractivity contribution in [2.75, 3.05) is 5.32 Å². The largest absolute Gasteiger partial charge is 0.508 e. The third-order valence-electron chi connectivity index (χ3n) is 3.09. The minimum Gasteiger partial charge on any atom is -0.508 e. The third kappa shape index (κ3) is 3.80. The fourth-order valence-corrected chi connectivity index (χ4v) is 2.16. The molecule has 4 heteroatoms. The molecule has 3 N–H and O–H groups in total. The van der Waals surface area contributed by atoms with E-state index in [-0.39, 0.29) is 11.8 Å². The Bertz CT molecular complexity index is 437. The van der Waals surface area contributed by atoms with Gasteiger partial charge >= 0.3 is 6.03 Å². The number of urea groups is 1. The molecule has 1 aliphatic carbocycles. The van der Waals surface area contributed by atoms with Crippen molar-refractivity contribution in [1.29, 1.82) is 0 Å². The van der Waals surface area contributed by atoms with Crippen LogP contribution >= 0.6 is 0 Å². The van der Waals surface area contributed by atoms with Gasteiger partial charge in [-0.3, -0.25) is 0 Å². The highest BCUT2D eigenvalue weighted by atomic mass is 16.3. The van der Waals surface area contributed by atoms with E-state index in [1.807, 2.05) is 0 Å². The maximum absolute atomic E-state index is 11.5. The Labute approximate surface area is 107 Å². The number of benzene rings is 1. The van der Waals surface area contributed by atoms with Crippen molar-refractivity contribution in [1.82, 2.24) is 5.32 Å². The van der Waals surface area contributed by atoms with E-state index >= 15 is 0 Å². The number of carbonyl (C=O) groups is 1. The van der Waals surface area contributed by atoms with E-state index in [4.69, 9.17) is 0 Å². The second-order valence-corrected chi connectivity index (χ2v) is 4.55. The molecular formula is C14H18N2O2. The number of allylic oxidation sites excluding steroid dienone is 1. The molecule has 0 aliphatic heterocycles. The molecule has 0 radical (unpaired) electrons. The summed E-state index contributed by atoms with van der Waals surface area (Å²) in [6.07, 6.45) is 8.75. The van der Waals surface area contributed by atoms with Gasteiger partial charge in [0.25, 0.3) is 0 Å². The van der Waals surface area contributed by atoms with Crippen LogP contribution in [0.25, 0.3) is 0 Å². The van der Waals surface area contributed by atoms with E-state index in [0.29, 0.717) is 11.6 Å². The van der Waals surface area contributed by atoms with Crippen LogP contribution in [0.1, 0.15) is 25.7 Å². The Morgan fingerprint density at radius 1 is 1.33 bits per heavy atom. The van der Waals surface area contributed by atoms with E-state index in [0.717, 1.165) is 0 Å². The van der Waals surface area contributed by atoms with E-state index < -0.39 is 0 Å². The minimum absolute atomic E-state index is 0.134. The molecule has 1 aliphatic rings. The first-order chi connectivity index (χ1) is 8.74. The molecule has 0 spiro atoms. The minimum atomic E-state index is -0.296. The number of hydrogen-bond donors (Lipinski definition) is 3. The van der Waals surface area contributed by atoms with Gasteiger partial charge in [-0.05, 0) is 30.9 Å². The molecule has 0 unspecified atom stereocenters. The zero-order chi connectivity index (χ0) is 12.8. The van der Waals surface area contributed by atoms with E-state index in [9.17, 15) is 9.90 Å².